The summed E-state index contributed by atoms with van der Waals surface area (Å²) in [5.74, 6) is -1.99. The highest BCUT2D eigenvalue weighted by Crippen LogP contribution is 2.53. The molecular weight excluding hydrogens is 535 g/mol. The van der Waals surface area contributed by atoms with Crippen LogP contribution < -0.4 is 5.32 Å². The molecule has 2 saturated heterocycles. The highest BCUT2D eigenvalue weighted by molar-refractivity contribution is 6.06. The first-order chi connectivity index (χ1) is 20.0. The number of hydrogen-bond donors (Lipinski definition) is 1. The SMILES string of the molecule is CC(C)(C)c1ccc(C(=O)NC2(C(=O)N3CC[C@@H]4[C@H]3C(=O)CN4C(=O)c3ccncc3)CC2c2ccc(F)cc2)cc1. The van der Waals surface area contributed by atoms with Crippen LogP contribution in [0.15, 0.2) is 73.1 Å². The summed E-state index contributed by atoms with van der Waals surface area (Å²) >= 11 is 0. The van der Waals surface area contributed by atoms with Gasteiger partial charge in [0.15, 0.2) is 5.78 Å². The molecular formula is C33H33FN4O4. The van der Waals surface area contributed by atoms with Crippen LogP contribution in [-0.2, 0) is 15.0 Å². The fourth-order valence-corrected chi connectivity index (χ4v) is 6.42. The Kier molecular flexibility index (Phi) is 6.71. The lowest BCUT2D eigenvalue weighted by atomic mass is 9.86. The van der Waals surface area contributed by atoms with Crippen LogP contribution in [0.2, 0.25) is 0 Å². The van der Waals surface area contributed by atoms with Gasteiger partial charge in [-0.25, -0.2) is 4.39 Å². The molecule has 216 valence electrons. The molecule has 8 nitrogen and oxygen atoms in total. The van der Waals surface area contributed by atoms with Crippen LogP contribution in [0.5, 0.6) is 0 Å². The van der Waals surface area contributed by atoms with Crippen LogP contribution in [0.25, 0.3) is 0 Å². The maximum atomic E-state index is 14.3. The van der Waals surface area contributed by atoms with Crippen molar-refractivity contribution in [2.45, 2.75) is 62.6 Å². The Morgan fingerprint density at radius 3 is 2.24 bits per heavy atom. The Hall–Kier alpha value is -4.40. The number of carbonyl (C=O) groups is 4. The number of halogens is 1. The second-order valence-electron chi connectivity index (χ2n) is 12.5. The summed E-state index contributed by atoms with van der Waals surface area (Å²) in [5.41, 5.74) is 1.30. The zero-order chi connectivity index (χ0) is 29.8. The van der Waals surface area contributed by atoms with E-state index in [-0.39, 0.29) is 42.0 Å². The number of carbonyl (C=O) groups excluding carboxylic acids is 4. The Bertz CT molecular complexity index is 1550. The van der Waals surface area contributed by atoms with E-state index in [1.54, 1.807) is 46.2 Å². The van der Waals surface area contributed by atoms with E-state index in [1.165, 1.54) is 24.5 Å². The molecule has 2 aliphatic heterocycles. The van der Waals surface area contributed by atoms with Crippen molar-refractivity contribution in [3.63, 3.8) is 0 Å². The van der Waals surface area contributed by atoms with E-state index in [9.17, 15) is 23.6 Å². The monoisotopic (exact) mass is 568 g/mol. The second kappa shape index (κ2) is 10.2. The molecule has 2 aromatic carbocycles. The summed E-state index contributed by atoms with van der Waals surface area (Å²) in [6.45, 7) is 6.47. The van der Waals surface area contributed by atoms with Gasteiger partial charge < -0.3 is 15.1 Å². The fraction of sp³-hybridized carbons (Fsp3) is 0.364. The number of pyridine rings is 1. The Morgan fingerprint density at radius 1 is 0.929 bits per heavy atom. The number of aromatic nitrogens is 1. The van der Waals surface area contributed by atoms with E-state index >= 15 is 0 Å². The summed E-state index contributed by atoms with van der Waals surface area (Å²) in [6, 6.07) is 15.2. The zero-order valence-corrected chi connectivity index (χ0v) is 23.8. The largest absolute Gasteiger partial charge is 0.337 e. The predicted molar refractivity (Wildman–Crippen MR) is 153 cm³/mol. The number of nitrogens with zero attached hydrogens (tertiary/aromatic N) is 3. The molecule has 0 radical (unpaired) electrons. The van der Waals surface area contributed by atoms with Gasteiger partial charge in [0.2, 0.25) is 5.91 Å². The van der Waals surface area contributed by atoms with Gasteiger partial charge in [0.1, 0.15) is 17.4 Å². The van der Waals surface area contributed by atoms with Crippen LogP contribution in [0.4, 0.5) is 4.39 Å². The fourth-order valence-electron chi connectivity index (χ4n) is 6.42. The summed E-state index contributed by atoms with van der Waals surface area (Å²) in [4.78, 5) is 61.4. The Labute approximate surface area is 243 Å². The normalized spacial score (nSPS) is 24.9. The number of benzene rings is 2. The van der Waals surface area contributed by atoms with Crippen molar-refractivity contribution in [1.82, 2.24) is 20.1 Å². The highest BCUT2D eigenvalue weighted by Gasteiger charge is 2.65. The van der Waals surface area contributed by atoms with Crippen molar-refractivity contribution >= 4 is 23.5 Å². The minimum atomic E-state index is -1.28. The second-order valence-corrected chi connectivity index (χ2v) is 12.5. The van der Waals surface area contributed by atoms with Crippen molar-refractivity contribution in [2.75, 3.05) is 13.1 Å². The quantitative estimate of drug-likeness (QED) is 0.504. The minimum Gasteiger partial charge on any atom is -0.337 e. The molecule has 1 saturated carbocycles. The van der Waals surface area contributed by atoms with Crippen LogP contribution in [0, 0.1) is 5.82 Å². The van der Waals surface area contributed by atoms with Crippen molar-refractivity contribution in [2.24, 2.45) is 0 Å². The van der Waals surface area contributed by atoms with Gasteiger partial charge in [-0.1, -0.05) is 45.0 Å². The molecule has 3 aromatic rings. The number of fused-ring (bicyclic) bond motifs is 1. The Morgan fingerprint density at radius 2 is 1.60 bits per heavy atom. The van der Waals surface area contributed by atoms with Crippen LogP contribution in [0.1, 0.15) is 71.4 Å². The third kappa shape index (κ3) is 4.76. The summed E-state index contributed by atoms with van der Waals surface area (Å²) in [7, 11) is 0. The molecule has 1 N–H and O–H groups in total. The molecule has 3 aliphatic rings. The van der Waals surface area contributed by atoms with Gasteiger partial charge >= 0.3 is 0 Å². The predicted octanol–water partition coefficient (Wildman–Crippen LogP) is 3.87. The van der Waals surface area contributed by atoms with Gasteiger partial charge in [0, 0.05) is 36.0 Å². The molecule has 3 heterocycles. The number of hydrogen-bond acceptors (Lipinski definition) is 5. The topological polar surface area (TPSA) is 99.7 Å². The van der Waals surface area contributed by atoms with Crippen LogP contribution in [-0.4, -0.2) is 69.0 Å². The highest BCUT2D eigenvalue weighted by atomic mass is 19.1. The molecule has 0 bridgehead atoms. The molecule has 1 aromatic heterocycles. The van der Waals surface area contributed by atoms with E-state index < -0.39 is 29.3 Å². The van der Waals surface area contributed by atoms with Gasteiger partial charge in [0.25, 0.3) is 11.8 Å². The van der Waals surface area contributed by atoms with Gasteiger partial charge in [-0.05, 0) is 65.8 Å². The van der Waals surface area contributed by atoms with E-state index in [1.807, 2.05) is 12.1 Å². The molecule has 42 heavy (non-hydrogen) atoms. The average molecular weight is 569 g/mol. The van der Waals surface area contributed by atoms with Crippen molar-refractivity contribution in [3.05, 3.63) is 101 Å². The first kappa shape index (κ1) is 27.8. The lowest BCUT2D eigenvalue weighted by molar-refractivity contribution is -0.139. The molecule has 0 spiro atoms. The van der Waals surface area contributed by atoms with E-state index in [0.717, 1.165) is 11.1 Å². The molecule has 1 aliphatic carbocycles. The molecule has 3 amide bonds. The maximum Gasteiger partial charge on any atom is 0.254 e. The summed E-state index contributed by atoms with van der Waals surface area (Å²) < 4.78 is 13.7. The molecule has 9 heteroatoms. The van der Waals surface area contributed by atoms with E-state index in [4.69, 9.17) is 0 Å². The lowest BCUT2D eigenvalue weighted by Crippen LogP contribution is -2.55. The summed E-state index contributed by atoms with van der Waals surface area (Å²) in [5, 5.41) is 3.01. The number of ketones is 1. The van der Waals surface area contributed by atoms with Gasteiger partial charge in [-0.2, -0.15) is 0 Å². The van der Waals surface area contributed by atoms with Gasteiger partial charge in [0.05, 0.1) is 12.6 Å². The molecule has 3 fully saturated rings. The number of Topliss-reactive ketones (excluding diaryl/α,β-unsaturated/α-hetero) is 1. The Balaban J connectivity index is 1.27. The molecule has 6 rings (SSSR count). The van der Waals surface area contributed by atoms with Crippen molar-refractivity contribution in [3.8, 4) is 0 Å². The van der Waals surface area contributed by atoms with Crippen molar-refractivity contribution in [1.29, 1.82) is 0 Å². The van der Waals surface area contributed by atoms with E-state index in [0.29, 0.717) is 24.0 Å². The van der Waals surface area contributed by atoms with Gasteiger partial charge in [-0.15, -0.1) is 0 Å². The third-order valence-electron chi connectivity index (χ3n) is 8.84. The first-order valence-electron chi connectivity index (χ1n) is 14.2. The maximum absolute atomic E-state index is 14.3. The average Bonchev–Trinajstić information content (AvgIpc) is 3.37. The number of likely N-dealkylation sites (tertiary alicyclic amines) is 2. The van der Waals surface area contributed by atoms with Crippen LogP contribution >= 0.6 is 0 Å². The van der Waals surface area contributed by atoms with Crippen molar-refractivity contribution < 1.29 is 23.6 Å². The van der Waals surface area contributed by atoms with Gasteiger partial charge in [-0.3, -0.25) is 24.2 Å². The minimum absolute atomic E-state index is 0.0802. The molecule has 2 unspecified atom stereocenters. The first-order valence-corrected chi connectivity index (χ1v) is 14.2. The van der Waals surface area contributed by atoms with E-state index in [2.05, 4.69) is 31.1 Å². The smallest absolute Gasteiger partial charge is 0.254 e. The summed E-state index contributed by atoms with van der Waals surface area (Å²) in [6.07, 6.45) is 3.83. The number of rotatable bonds is 5. The molecule has 4 atom stereocenters. The zero-order valence-electron chi connectivity index (χ0n) is 23.8. The standard InChI is InChI=1S/C33H33FN4O4/c1-32(2,3)23-8-4-21(5-9-23)29(40)36-33(18-25(33)20-6-10-24(34)11-7-20)31(42)37-17-14-26-28(37)27(39)19-38(26)30(41)22-12-15-35-16-13-22/h4-13,15-16,25-26,28H,14,17-19H2,1-3H3,(H,36,40)/t25?,26-,28+,33?/m1/s1. The third-order valence-corrected chi connectivity index (χ3v) is 8.84. The number of amides is 3. The lowest BCUT2D eigenvalue weighted by Gasteiger charge is -2.29. The number of nitrogens with one attached hydrogen (secondary N) is 1. The van der Waals surface area contributed by atoms with Crippen LogP contribution in [0.3, 0.4) is 0 Å².